The van der Waals surface area contributed by atoms with Gasteiger partial charge in [0.15, 0.2) is 0 Å². The van der Waals surface area contributed by atoms with Gasteiger partial charge in [-0.25, -0.2) is 4.79 Å². The highest BCUT2D eigenvalue weighted by Crippen LogP contribution is 2.37. The van der Waals surface area contributed by atoms with Crippen molar-refractivity contribution in [3.05, 3.63) is 35.9 Å². The van der Waals surface area contributed by atoms with Crippen LogP contribution in [0.1, 0.15) is 32.4 Å². The molecule has 2 fully saturated rings. The van der Waals surface area contributed by atoms with Gasteiger partial charge in [-0.15, -0.1) is 0 Å². The first-order valence-electron chi connectivity index (χ1n) is 7.20. The third kappa shape index (κ3) is 2.26. The van der Waals surface area contributed by atoms with Crippen LogP contribution < -0.4 is 5.32 Å². The number of benzene rings is 1. The van der Waals surface area contributed by atoms with Gasteiger partial charge < -0.3 is 10.1 Å². The molecule has 112 valence electrons. The zero-order valence-corrected chi connectivity index (χ0v) is 12.5. The van der Waals surface area contributed by atoms with E-state index in [4.69, 9.17) is 4.74 Å². The summed E-state index contributed by atoms with van der Waals surface area (Å²) in [7, 11) is 0. The van der Waals surface area contributed by atoms with E-state index in [1.807, 2.05) is 30.3 Å². The van der Waals surface area contributed by atoms with Crippen LogP contribution in [0.25, 0.3) is 0 Å². The van der Waals surface area contributed by atoms with E-state index >= 15 is 0 Å². The molecular formula is C16H20N2O3. The number of carbonyl (C=O) groups excluding carboxylic acids is 2. The maximum absolute atomic E-state index is 12.1. The summed E-state index contributed by atoms with van der Waals surface area (Å²) in [4.78, 5) is 25.8. The number of hydrogen-bond acceptors (Lipinski definition) is 3. The van der Waals surface area contributed by atoms with Gasteiger partial charge >= 0.3 is 6.09 Å². The highest BCUT2D eigenvalue weighted by atomic mass is 16.6. The minimum Gasteiger partial charge on any atom is -0.447 e. The molecule has 0 aromatic heterocycles. The Balaban J connectivity index is 1.91. The van der Waals surface area contributed by atoms with Crippen molar-refractivity contribution in [2.45, 2.75) is 38.9 Å². The Bertz CT molecular complexity index is 565. The summed E-state index contributed by atoms with van der Waals surface area (Å²) in [6, 6.07) is 9.01. The fourth-order valence-corrected chi connectivity index (χ4v) is 3.02. The summed E-state index contributed by atoms with van der Waals surface area (Å²) in [5.41, 5.74) is 0.888. The fourth-order valence-electron chi connectivity index (χ4n) is 3.02. The molecule has 3 atom stereocenters. The molecule has 0 spiro atoms. The summed E-state index contributed by atoms with van der Waals surface area (Å²) in [6.07, 6.45) is -0.405. The molecule has 2 amide bonds. The van der Waals surface area contributed by atoms with Gasteiger partial charge in [-0.1, -0.05) is 51.1 Å². The highest BCUT2D eigenvalue weighted by Gasteiger charge is 2.54. The monoisotopic (exact) mass is 288 g/mol. The van der Waals surface area contributed by atoms with Crippen LogP contribution in [0.3, 0.4) is 0 Å². The molecular weight excluding hydrogens is 268 g/mol. The number of amides is 2. The normalized spacial score (nSPS) is 28.9. The second-order valence-electron chi connectivity index (χ2n) is 6.71. The minimum absolute atomic E-state index is 0.0538. The predicted molar refractivity (Wildman–Crippen MR) is 77.5 cm³/mol. The zero-order chi connectivity index (χ0) is 15.2. The van der Waals surface area contributed by atoms with Crippen LogP contribution in [0.2, 0.25) is 0 Å². The number of nitrogens with zero attached hydrogens (tertiary/aromatic N) is 1. The second-order valence-corrected chi connectivity index (χ2v) is 6.71. The molecule has 0 unspecified atom stereocenters. The van der Waals surface area contributed by atoms with E-state index in [0.717, 1.165) is 5.56 Å². The van der Waals surface area contributed by atoms with Crippen LogP contribution in [0, 0.1) is 5.41 Å². The van der Waals surface area contributed by atoms with Crippen molar-refractivity contribution in [1.82, 2.24) is 10.2 Å². The van der Waals surface area contributed by atoms with E-state index in [1.54, 1.807) is 4.90 Å². The zero-order valence-electron chi connectivity index (χ0n) is 12.5. The van der Waals surface area contributed by atoms with E-state index in [0.29, 0.717) is 6.61 Å². The molecule has 0 radical (unpaired) electrons. The first-order valence-corrected chi connectivity index (χ1v) is 7.20. The van der Waals surface area contributed by atoms with Crippen molar-refractivity contribution >= 4 is 12.0 Å². The molecule has 2 saturated heterocycles. The van der Waals surface area contributed by atoms with Gasteiger partial charge in [-0.2, -0.15) is 0 Å². The van der Waals surface area contributed by atoms with Crippen LogP contribution in [-0.4, -0.2) is 35.6 Å². The van der Waals surface area contributed by atoms with E-state index in [9.17, 15) is 9.59 Å². The molecule has 5 heteroatoms. The van der Waals surface area contributed by atoms with Crippen LogP contribution in [-0.2, 0) is 9.53 Å². The van der Waals surface area contributed by atoms with E-state index in [-0.39, 0.29) is 23.4 Å². The Hall–Kier alpha value is -2.04. The molecule has 0 aliphatic carbocycles. The van der Waals surface area contributed by atoms with Crippen molar-refractivity contribution in [1.29, 1.82) is 0 Å². The maximum Gasteiger partial charge on any atom is 0.411 e. The summed E-state index contributed by atoms with van der Waals surface area (Å²) >= 11 is 0. The lowest BCUT2D eigenvalue weighted by molar-refractivity contribution is -0.140. The third-order valence-corrected chi connectivity index (χ3v) is 4.21. The van der Waals surface area contributed by atoms with Gasteiger partial charge in [-0.05, 0) is 11.0 Å². The third-order valence-electron chi connectivity index (χ3n) is 4.21. The lowest BCUT2D eigenvalue weighted by Crippen LogP contribution is -2.73. The highest BCUT2D eigenvalue weighted by molar-refractivity contribution is 5.93. The van der Waals surface area contributed by atoms with Gasteiger partial charge in [-0.3, -0.25) is 9.69 Å². The quantitative estimate of drug-likeness (QED) is 0.848. The number of rotatable bonds is 2. The molecule has 1 aromatic carbocycles. The largest absolute Gasteiger partial charge is 0.447 e. The molecule has 2 aliphatic heterocycles. The van der Waals surface area contributed by atoms with Crippen molar-refractivity contribution in [2.75, 3.05) is 6.61 Å². The lowest BCUT2D eigenvalue weighted by atomic mass is 9.76. The molecule has 1 N–H and O–H groups in total. The summed E-state index contributed by atoms with van der Waals surface area (Å²) in [5.74, 6) is -0.102. The Morgan fingerprint density at radius 1 is 1.19 bits per heavy atom. The Morgan fingerprint density at radius 2 is 1.86 bits per heavy atom. The lowest BCUT2D eigenvalue weighted by Gasteiger charge is -2.48. The number of nitrogens with one attached hydrogen (secondary N) is 1. The van der Waals surface area contributed by atoms with Crippen molar-refractivity contribution < 1.29 is 14.3 Å². The fraction of sp³-hybridized carbons (Fsp3) is 0.500. The minimum atomic E-state index is -0.454. The topological polar surface area (TPSA) is 58.6 Å². The van der Waals surface area contributed by atoms with E-state index < -0.39 is 12.1 Å². The maximum atomic E-state index is 12.1. The number of ether oxygens (including phenoxy) is 1. The summed E-state index contributed by atoms with van der Waals surface area (Å²) in [5, 5.41) is 2.91. The second kappa shape index (κ2) is 4.76. The Labute approximate surface area is 124 Å². The Morgan fingerprint density at radius 3 is 2.43 bits per heavy atom. The van der Waals surface area contributed by atoms with Crippen LogP contribution >= 0.6 is 0 Å². The molecule has 3 rings (SSSR count). The SMILES string of the molecule is CC(C)(C)[C@H]1NC(=O)[C@@H]1N1C(=O)OC[C@@H]1c1ccccc1. The van der Waals surface area contributed by atoms with E-state index in [1.165, 1.54) is 0 Å². The molecule has 0 saturated carbocycles. The van der Waals surface area contributed by atoms with Gasteiger partial charge in [0.1, 0.15) is 12.6 Å². The van der Waals surface area contributed by atoms with Crippen LogP contribution in [0.5, 0.6) is 0 Å². The summed E-state index contributed by atoms with van der Waals surface area (Å²) in [6.45, 7) is 6.47. The van der Waals surface area contributed by atoms with Gasteiger partial charge in [0.05, 0.1) is 12.1 Å². The molecule has 1 aromatic rings. The number of cyclic esters (lactones) is 1. The van der Waals surface area contributed by atoms with Crippen molar-refractivity contribution in [2.24, 2.45) is 5.41 Å². The van der Waals surface area contributed by atoms with Gasteiger partial charge in [0, 0.05) is 0 Å². The Kier molecular flexibility index (Phi) is 3.15. The number of β-lactam (4-membered cyclic amide) rings is 1. The number of hydrogen-bond donors (Lipinski definition) is 1. The molecule has 2 aliphatic rings. The average Bonchev–Trinajstić information content (AvgIpc) is 2.78. The molecule has 5 nitrogen and oxygen atoms in total. The molecule has 2 heterocycles. The standard InChI is InChI=1S/C16H20N2O3/c1-16(2,3)13-12(14(19)17-13)18-11(9-21-15(18)20)10-7-5-4-6-8-10/h4-8,11-13H,9H2,1-3H3,(H,17,19)/t11-,12-,13+/m1/s1. The molecule has 0 bridgehead atoms. The summed E-state index contributed by atoms with van der Waals surface area (Å²) < 4.78 is 5.21. The van der Waals surface area contributed by atoms with Crippen molar-refractivity contribution in [3.8, 4) is 0 Å². The number of carbonyl (C=O) groups is 2. The van der Waals surface area contributed by atoms with Crippen LogP contribution in [0.15, 0.2) is 30.3 Å². The van der Waals surface area contributed by atoms with Gasteiger partial charge in [0.2, 0.25) is 5.91 Å². The predicted octanol–water partition coefficient (Wildman–Crippen LogP) is 2.09. The molecule has 21 heavy (non-hydrogen) atoms. The first-order chi connectivity index (χ1) is 9.89. The average molecular weight is 288 g/mol. The van der Waals surface area contributed by atoms with Crippen molar-refractivity contribution in [3.63, 3.8) is 0 Å². The smallest absolute Gasteiger partial charge is 0.411 e. The first kappa shape index (κ1) is 13.9. The van der Waals surface area contributed by atoms with Crippen LogP contribution in [0.4, 0.5) is 4.79 Å². The van der Waals surface area contributed by atoms with E-state index in [2.05, 4.69) is 26.1 Å². The van der Waals surface area contributed by atoms with Gasteiger partial charge in [0.25, 0.3) is 0 Å².